The van der Waals surface area contributed by atoms with Crippen molar-refractivity contribution in [3.8, 4) is 5.75 Å². The molecular formula is C15H15ClN2O3S. The van der Waals surface area contributed by atoms with Crippen LogP contribution in [0.25, 0.3) is 0 Å². The molecule has 0 saturated heterocycles. The number of carbonyl (C=O) groups excluding carboxylic acids is 2. The number of thiophene rings is 1. The third-order valence-electron chi connectivity index (χ3n) is 2.87. The molecule has 116 valence electrons. The molecule has 22 heavy (non-hydrogen) atoms. The Labute approximate surface area is 137 Å². The van der Waals surface area contributed by atoms with Gasteiger partial charge >= 0.3 is 0 Å². The van der Waals surface area contributed by atoms with E-state index in [9.17, 15) is 9.59 Å². The standard InChI is InChI=1S/C15H15ClN2O3S/c1-9(12-6-7-13(16)22-12)18-15(20)10-4-2-3-5-11(10)21-8-14(17)19/h2-7,9H,8H2,1H3,(H2,17,19)(H,18,20). The van der Waals surface area contributed by atoms with Gasteiger partial charge in [0.15, 0.2) is 6.61 Å². The van der Waals surface area contributed by atoms with Crippen molar-refractivity contribution < 1.29 is 14.3 Å². The van der Waals surface area contributed by atoms with Crippen molar-refractivity contribution in [1.29, 1.82) is 0 Å². The minimum Gasteiger partial charge on any atom is -0.483 e. The molecule has 0 aliphatic carbocycles. The zero-order chi connectivity index (χ0) is 16.1. The van der Waals surface area contributed by atoms with Crippen LogP contribution in [0, 0.1) is 0 Å². The van der Waals surface area contributed by atoms with E-state index in [4.69, 9.17) is 22.1 Å². The van der Waals surface area contributed by atoms with Crippen molar-refractivity contribution in [2.75, 3.05) is 6.61 Å². The Bertz CT molecular complexity index is 687. The first-order valence-corrected chi connectivity index (χ1v) is 7.73. The highest BCUT2D eigenvalue weighted by atomic mass is 35.5. The quantitative estimate of drug-likeness (QED) is 0.849. The number of para-hydroxylation sites is 1. The van der Waals surface area contributed by atoms with Crippen LogP contribution < -0.4 is 15.8 Å². The summed E-state index contributed by atoms with van der Waals surface area (Å²) in [5.41, 5.74) is 5.40. The molecule has 5 nitrogen and oxygen atoms in total. The van der Waals surface area contributed by atoms with Crippen molar-refractivity contribution in [1.82, 2.24) is 5.32 Å². The van der Waals surface area contributed by atoms with E-state index in [0.29, 0.717) is 15.6 Å². The van der Waals surface area contributed by atoms with Gasteiger partial charge in [0.2, 0.25) is 0 Å². The predicted molar refractivity (Wildman–Crippen MR) is 86.3 cm³/mol. The van der Waals surface area contributed by atoms with E-state index in [2.05, 4.69) is 5.32 Å². The molecule has 2 rings (SSSR count). The maximum atomic E-state index is 12.4. The number of ether oxygens (including phenoxy) is 1. The lowest BCUT2D eigenvalue weighted by atomic mass is 10.1. The van der Waals surface area contributed by atoms with Crippen LogP contribution in [-0.4, -0.2) is 18.4 Å². The van der Waals surface area contributed by atoms with Gasteiger partial charge in [0.1, 0.15) is 5.75 Å². The predicted octanol–water partition coefficient (Wildman–Crippen LogP) is 2.76. The topological polar surface area (TPSA) is 81.4 Å². The van der Waals surface area contributed by atoms with Gasteiger partial charge in [0.05, 0.1) is 15.9 Å². The number of hydrogen-bond acceptors (Lipinski definition) is 4. The van der Waals surface area contributed by atoms with Crippen molar-refractivity contribution in [2.24, 2.45) is 5.73 Å². The summed E-state index contributed by atoms with van der Waals surface area (Å²) in [5, 5.41) is 2.87. The zero-order valence-corrected chi connectivity index (χ0v) is 13.4. The van der Waals surface area contributed by atoms with E-state index in [1.54, 1.807) is 30.3 Å². The molecule has 0 aliphatic rings. The van der Waals surface area contributed by atoms with Gasteiger partial charge < -0.3 is 15.8 Å². The Morgan fingerprint density at radius 2 is 2.05 bits per heavy atom. The second kappa shape index (κ2) is 7.29. The average Bonchev–Trinajstić information content (AvgIpc) is 2.92. The summed E-state index contributed by atoms with van der Waals surface area (Å²) in [6.45, 7) is 1.59. The first kappa shape index (κ1) is 16.3. The van der Waals surface area contributed by atoms with Crippen LogP contribution >= 0.6 is 22.9 Å². The molecule has 1 heterocycles. The molecule has 1 aromatic carbocycles. The van der Waals surface area contributed by atoms with Crippen LogP contribution in [0.1, 0.15) is 28.2 Å². The van der Waals surface area contributed by atoms with Gasteiger partial charge in [-0.2, -0.15) is 0 Å². The molecule has 2 aromatic rings. The second-order valence-electron chi connectivity index (χ2n) is 4.59. The first-order chi connectivity index (χ1) is 10.5. The maximum Gasteiger partial charge on any atom is 0.255 e. The number of amides is 2. The van der Waals surface area contributed by atoms with Crippen molar-refractivity contribution in [2.45, 2.75) is 13.0 Å². The number of nitrogens with one attached hydrogen (secondary N) is 1. The molecule has 0 radical (unpaired) electrons. The second-order valence-corrected chi connectivity index (χ2v) is 6.33. The van der Waals surface area contributed by atoms with Crippen LogP contribution in [-0.2, 0) is 4.79 Å². The van der Waals surface area contributed by atoms with E-state index < -0.39 is 5.91 Å². The highest BCUT2D eigenvalue weighted by molar-refractivity contribution is 7.16. The van der Waals surface area contributed by atoms with Crippen molar-refractivity contribution in [3.63, 3.8) is 0 Å². The lowest BCUT2D eigenvalue weighted by Gasteiger charge is -2.14. The molecule has 0 fully saturated rings. The average molecular weight is 339 g/mol. The normalized spacial score (nSPS) is 11.7. The maximum absolute atomic E-state index is 12.4. The number of halogens is 1. The smallest absolute Gasteiger partial charge is 0.255 e. The molecule has 1 aromatic heterocycles. The van der Waals surface area contributed by atoms with E-state index in [0.717, 1.165) is 4.88 Å². The molecule has 0 bridgehead atoms. The van der Waals surface area contributed by atoms with Gasteiger partial charge in [-0.3, -0.25) is 9.59 Å². The van der Waals surface area contributed by atoms with Gasteiger partial charge in [-0.25, -0.2) is 0 Å². The minimum absolute atomic E-state index is 0.186. The van der Waals surface area contributed by atoms with Crippen LogP contribution in [0.15, 0.2) is 36.4 Å². The van der Waals surface area contributed by atoms with Crippen molar-refractivity contribution >= 4 is 34.8 Å². The number of primary amides is 1. The van der Waals surface area contributed by atoms with Crippen LogP contribution in [0.2, 0.25) is 4.34 Å². The Kier molecular flexibility index (Phi) is 5.41. The molecule has 7 heteroatoms. The minimum atomic E-state index is -0.600. The van der Waals surface area contributed by atoms with Crippen molar-refractivity contribution in [3.05, 3.63) is 51.2 Å². The largest absolute Gasteiger partial charge is 0.483 e. The SMILES string of the molecule is CC(NC(=O)c1ccccc1OCC(N)=O)c1ccc(Cl)s1. The zero-order valence-electron chi connectivity index (χ0n) is 11.8. The third kappa shape index (κ3) is 4.22. The van der Waals surface area contributed by atoms with Gasteiger partial charge in [-0.05, 0) is 31.2 Å². The summed E-state index contributed by atoms with van der Waals surface area (Å²) in [4.78, 5) is 24.1. The van der Waals surface area contributed by atoms with E-state index in [-0.39, 0.29) is 18.6 Å². The fourth-order valence-corrected chi connectivity index (χ4v) is 2.90. The molecular weight excluding hydrogens is 324 g/mol. The monoisotopic (exact) mass is 338 g/mol. The Balaban J connectivity index is 2.10. The fourth-order valence-electron chi connectivity index (χ4n) is 1.84. The summed E-state index contributed by atoms with van der Waals surface area (Å²) in [6.07, 6.45) is 0. The Hall–Kier alpha value is -2.05. The summed E-state index contributed by atoms with van der Waals surface area (Å²) in [7, 11) is 0. The summed E-state index contributed by atoms with van der Waals surface area (Å²) in [5.74, 6) is -0.580. The third-order valence-corrected chi connectivity index (χ3v) is 4.28. The Morgan fingerprint density at radius 3 is 2.68 bits per heavy atom. The lowest BCUT2D eigenvalue weighted by Crippen LogP contribution is -2.27. The van der Waals surface area contributed by atoms with Gasteiger partial charge in [0, 0.05) is 4.88 Å². The molecule has 0 saturated carbocycles. The molecule has 0 aliphatic heterocycles. The van der Waals surface area contributed by atoms with E-state index >= 15 is 0 Å². The number of nitrogens with two attached hydrogens (primary N) is 1. The highest BCUT2D eigenvalue weighted by Crippen LogP contribution is 2.27. The van der Waals surface area contributed by atoms with Gasteiger partial charge in [-0.15, -0.1) is 11.3 Å². The van der Waals surface area contributed by atoms with E-state index in [1.807, 2.05) is 13.0 Å². The molecule has 1 unspecified atom stereocenters. The van der Waals surface area contributed by atoms with Gasteiger partial charge in [0.25, 0.3) is 11.8 Å². The Morgan fingerprint density at radius 1 is 1.32 bits per heavy atom. The fraction of sp³-hybridized carbons (Fsp3) is 0.200. The summed E-state index contributed by atoms with van der Waals surface area (Å²) < 4.78 is 5.93. The van der Waals surface area contributed by atoms with Crippen LogP contribution in [0.4, 0.5) is 0 Å². The van der Waals surface area contributed by atoms with E-state index in [1.165, 1.54) is 11.3 Å². The first-order valence-electron chi connectivity index (χ1n) is 6.53. The number of carbonyl (C=O) groups is 2. The molecule has 1 atom stereocenters. The molecule has 3 N–H and O–H groups in total. The number of rotatable bonds is 6. The summed E-state index contributed by atoms with van der Waals surface area (Å²) in [6, 6.07) is 10.1. The number of benzene rings is 1. The van der Waals surface area contributed by atoms with Crippen LogP contribution in [0.3, 0.4) is 0 Å². The highest BCUT2D eigenvalue weighted by Gasteiger charge is 2.16. The lowest BCUT2D eigenvalue weighted by molar-refractivity contribution is -0.119. The molecule has 2 amide bonds. The molecule has 0 spiro atoms. The summed E-state index contributed by atoms with van der Waals surface area (Å²) >= 11 is 7.31. The van der Waals surface area contributed by atoms with Crippen LogP contribution in [0.5, 0.6) is 5.75 Å². The number of hydrogen-bond donors (Lipinski definition) is 2. The van der Waals surface area contributed by atoms with Gasteiger partial charge in [-0.1, -0.05) is 23.7 Å².